The van der Waals surface area contributed by atoms with Crippen molar-refractivity contribution in [2.45, 2.75) is 25.2 Å². The fourth-order valence-electron chi connectivity index (χ4n) is 2.57. The molecule has 1 aliphatic rings. The van der Waals surface area contributed by atoms with Crippen molar-refractivity contribution in [2.75, 3.05) is 26.2 Å². The molecule has 1 aliphatic heterocycles. The second-order valence-corrected chi connectivity index (χ2v) is 7.36. The van der Waals surface area contributed by atoms with Crippen molar-refractivity contribution in [1.82, 2.24) is 4.31 Å². The molecule has 1 fully saturated rings. The molecule has 130 valence electrons. The topological polar surface area (TPSA) is 89.7 Å². The van der Waals surface area contributed by atoms with Gasteiger partial charge in [-0.05, 0) is 50.4 Å². The summed E-state index contributed by atoms with van der Waals surface area (Å²) in [5, 5.41) is 0. The zero-order chi connectivity index (χ0) is 16.3. The van der Waals surface area contributed by atoms with Crippen molar-refractivity contribution in [1.29, 1.82) is 0 Å². The van der Waals surface area contributed by atoms with Crippen molar-refractivity contribution in [3.05, 3.63) is 29.3 Å². The van der Waals surface area contributed by atoms with Gasteiger partial charge in [-0.3, -0.25) is 0 Å². The molecule has 0 radical (unpaired) electrons. The number of benzene rings is 1. The van der Waals surface area contributed by atoms with Crippen molar-refractivity contribution < 1.29 is 17.9 Å². The zero-order valence-corrected chi connectivity index (χ0v) is 15.0. The maximum Gasteiger partial charge on any atom is 0.338 e. The number of aryl methyl sites for hydroxylation is 1. The molecule has 1 saturated heterocycles. The molecule has 2 N–H and O–H groups in total. The lowest BCUT2D eigenvalue weighted by atomic mass is 10.1. The molecule has 1 aromatic rings. The molecule has 1 atom stereocenters. The number of hydrogen-bond donors (Lipinski definition) is 1. The monoisotopic (exact) mass is 362 g/mol. The van der Waals surface area contributed by atoms with Crippen molar-refractivity contribution >= 4 is 28.4 Å². The molecule has 8 heteroatoms. The smallest absolute Gasteiger partial charge is 0.338 e. The van der Waals surface area contributed by atoms with Crippen LogP contribution in [0.2, 0.25) is 0 Å². The molecule has 1 heterocycles. The molecule has 6 nitrogen and oxygen atoms in total. The first-order valence-electron chi connectivity index (χ1n) is 7.38. The van der Waals surface area contributed by atoms with Crippen LogP contribution in [-0.2, 0) is 14.8 Å². The second-order valence-electron chi connectivity index (χ2n) is 5.45. The molecule has 1 unspecified atom stereocenters. The van der Waals surface area contributed by atoms with E-state index < -0.39 is 16.0 Å². The zero-order valence-electron chi connectivity index (χ0n) is 13.3. The number of hydrogen-bond acceptors (Lipinski definition) is 5. The van der Waals surface area contributed by atoms with E-state index in [4.69, 9.17) is 10.5 Å². The number of carbonyl (C=O) groups excluding carboxylic acids is 1. The van der Waals surface area contributed by atoms with Gasteiger partial charge in [-0.15, -0.1) is 12.4 Å². The Balaban J connectivity index is 0.00000264. The van der Waals surface area contributed by atoms with Crippen molar-refractivity contribution in [2.24, 2.45) is 11.7 Å². The predicted octanol–water partition coefficient (Wildman–Crippen LogP) is 1.56. The molecule has 0 aromatic heterocycles. The fourth-order valence-corrected chi connectivity index (χ4v) is 4.35. The lowest BCUT2D eigenvalue weighted by Gasteiger charge is -2.18. The standard InChI is InChI=1S/C15H22N2O4S.ClH/c1-3-21-15(18)13-5-4-11(2)14(8-13)22(19,20)17-7-6-12(9-16)10-17;/h4-5,8,12H,3,6-7,9-10,16H2,1-2H3;1H. The maximum absolute atomic E-state index is 12.8. The van der Waals surface area contributed by atoms with Crippen molar-refractivity contribution in [3.63, 3.8) is 0 Å². The van der Waals surface area contributed by atoms with Gasteiger partial charge in [0.25, 0.3) is 0 Å². The Kier molecular flexibility index (Phi) is 7.01. The molecule has 0 saturated carbocycles. The lowest BCUT2D eigenvalue weighted by molar-refractivity contribution is 0.0526. The Morgan fingerprint density at radius 3 is 2.70 bits per heavy atom. The predicted molar refractivity (Wildman–Crippen MR) is 90.3 cm³/mol. The number of esters is 1. The summed E-state index contributed by atoms with van der Waals surface area (Å²) in [4.78, 5) is 12.0. The summed E-state index contributed by atoms with van der Waals surface area (Å²) >= 11 is 0. The van der Waals surface area contributed by atoms with E-state index in [2.05, 4.69) is 0 Å². The number of halogens is 1. The van der Waals surface area contributed by atoms with Crippen LogP contribution < -0.4 is 5.73 Å². The third kappa shape index (κ3) is 4.23. The van der Waals surface area contributed by atoms with Gasteiger partial charge in [-0.1, -0.05) is 6.07 Å². The van der Waals surface area contributed by atoms with Gasteiger partial charge in [0.15, 0.2) is 0 Å². The first-order chi connectivity index (χ1) is 10.4. The molecule has 23 heavy (non-hydrogen) atoms. The highest BCUT2D eigenvalue weighted by Gasteiger charge is 2.33. The number of nitrogens with two attached hydrogens (primary N) is 1. The number of ether oxygens (including phenoxy) is 1. The number of sulfonamides is 1. The molecular formula is C15H23ClN2O4S. The SMILES string of the molecule is CCOC(=O)c1ccc(C)c(S(=O)(=O)N2CCC(CN)C2)c1.Cl. The van der Waals surface area contributed by atoms with Gasteiger partial charge in [-0.2, -0.15) is 4.31 Å². The molecule has 0 aliphatic carbocycles. The number of carbonyl (C=O) groups is 1. The number of nitrogens with zero attached hydrogens (tertiary/aromatic N) is 1. The fraction of sp³-hybridized carbons (Fsp3) is 0.533. The van der Waals surface area contributed by atoms with Gasteiger partial charge in [0.2, 0.25) is 10.0 Å². The van der Waals surface area contributed by atoms with E-state index in [1.54, 1.807) is 26.0 Å². The van der Waals surface area contributed by atoms with Crippen LogP contribution >= 0.6 is 12.4 Å². The Morgan fingerprint density at radius 1 is 1.43 bits per heavy atom. The van der Waals surface area contributed by atoms with Crippen LogP contribution in [0.15, 0.2) is 23.1 Å². The molecule has 0 spiro atoms. The van der Waals surface area contributed by atoms with E-state index >= 15 is 0 Å². The van der Waals surface area contributed by atoms with Crippen LogP contribution in [0.1, 0.15) is 29.3 Å². The minimum absolute atomic E-state index is 0. The second kappa shape index (κ2) is 8.10. The lowest BCUT2D eigenvalue weighted by Crippen LogP contribution is -2.30. The molecule has 0 amide bonds. The summed E-state index contributed by atoms with van der Waals surface area (Å²) in [5.74, 6) is -0.316. The molecular weight excluding hydrogens is 340 g/mol. The highest BCUT2D eigenvalue weighted by molar-refractivity contribution is 7.89. The van der Waals surface area contributed by atoms with Gasteiger partial charge in [-0.25, -0.2) is 13.2 Å². The average Bonchev–Trinajstić information content (AvgIpc) is 2.97. The summed E-state index contributed by atoms with van der Waals surface area (Å²) in [6.45, 7) is 5.06. The third-order valence-electron chi connectivity index (χ3n) is 3.90. The van der Waals surface area contributed by atoms with Gasteiger partial charge in [0.1, 0.15) is 0 Å². The van der Waals surface area contributed by atoms with Crippen LogP contribution in [0.25, 0.3) is 0 Å². The van der Waals surface area contributed by atoms with Gasteiger partial charge in [0.05, 0.1) is 17.1 Å². The summed E-state index contributed by atoms with van der Waals surface area (Å²) in [5.41, 5.74) is 6.49. The molecule has 2 rings (SSSR count). The summed E-state index contributed by atoms with van der Waals surface area (Å²) < 4.78 is 31.9. The van der Waals surface area contributed by atoms with Gasteiger partial charge in [0, 0.05) is 13.1 Å². The van der Waals surface area contributed by atoms with E-state index in [0.29, 0.717) is 25.2 Å². The molecule has 1 aromatic carbocycles. The van der Waals surface area contributed by atoms with Crippen molar-refractivity contribution in [3.8, 4) is 0 Å². The van der Waals surface area contributed by atoms with E-state index in [1.807, 2.05) is 0 Å². The first-order valence-corrected chi connectivity index (χ1v) is 8.82. The first kappa shape index (κ1) is 19.9. The summed E-state index contributed by atoms with van der Waals surface area (Å²) in [6.07, 6.45) is 0.770. The van der Waals surface area contributed by atoms with Crippen LogP contribution in [-0.4, -0.2) is 44.9 Å². The molecule has 0 bridgehead atoms. The van der Waals surface area contributed by atoms with E-state index in [0.717, 1.165) is 6.42 Å². The van der Waals surface area contributed by atoms with Crippen LogP contribution in [0.3, 0.4) is 0 Å². The van der Waals surface area contributed by atoms with Crippen LogP contribution in [0.4, 0.5) is 0 Å². The average molecular weight is 363 g/mol. The largest absolute Gasteiger partial charge is 0.462 e. The van der Waals surface area contributed by atoms with Gasteiger partial charge < -0.3 is 10.5 Å². The Bertz CT molecular complexity index is 663. The minimum Gasteiger partial charge on any atom is -0.462 e. The Labute approximate surface area is 143 Å². The highest BCUT2D eigenvalue weighted by Crippen LogP contribution is 2.26. The normalized spacial score (nSPS) is 18.5. The quantitative estimate of drug-likeness (QED) is 0.803. The summed E-state index contributed by atoms with van der Waals surface area (Å²) in [7, 11) is -3.61. The van der Waals surface area contributed by atoms with Gasteiger partial charge >= 0.3 is 5.97 Å². The third-order valence-corrected chi connectivity index (χ3v) is 5.91. The van der Waals surface area contributed by atoms with Crippen LogP contribution in [0.5, 0.6) is 0 Å². The minimum atomic E-state index is -3.61. The highest BCUT2D eigenvalue weighted by atomic mass is 35.5. The maximum atomic E-state index is 12.8. The van der Waals surface area contributed by atoms with E-state index in [-0.39, 0.29) is 35.4 Å². The summed E-state index contributed by atoms with van der Waals surface area (Å²) in [6, 6.07) is 4.62. The Hall–Kier alpha value is -1.15. The van der Waals surface area contributed by atoms with E-state index in [9.17, 15) is 13.2 Å². The van der Waals surface area contributed by atoms with E-state index in [1.165, 1.54) is 10.4 Å². The number of rotatable bonds is 5. The van der Waals surface area contributed by atoms with Crippen LogP contribution in [0, 0.1) is 12.8 Å². The Morgan fingerprint density at radius 2 is 2.13 bits per heavy atom.